The molecular formula is C18H20Cl2F3NO3. The molecule has 1 atom stereocenters. The highest BCUT2D eigenvalue weighted by Gasteiger charge is 2.49. The number of alkyl halides is 3. The third-order valence-electron chi connectivity index (χ3n) is 3.84. The predicted octanol–water partition coefficient (Wildman–Crippen LogP) is 5.36. The summed E-state index contributed by atoms with van der Waals surface area (Å²) >= 11 is 12.7. The summed E-state index contributed by atoms with van der Waals surface area (Å²) in [5, 5.41) is 0.212. The van der Waals surface area contributed by atoms with Crippen molar-refractivity contribution in [2.45, 2.75) is 33.1 Å². The van der Waals surface area contributed by atoms with E-state index in [1.807, 2.05) is 13.8 Å². The fraction of sp³-hybridized carbons (Fsp3) is 0.500. The van der Waals surface area contributed by atoms with Crippen molar-refractivity contribution < 1.29 is 27.4 Å². The fourth-order valence-electron chi connectivity index (χ4n) is 2.87. The summed E-state index contributed by atoms with van der Waals surface area (Å²) in [6.45, 7) is 6.00. The van der Waals surface area contributed by atoms with Gasteiger partial charge >= 0.3 is 12.1 Å². The van der Waals surface area contributed by atoms with Crippen LogP contribution in [0, 0.1) is 5.92 Å². The molecule has 150 valence electrons. The molecule has 0 N–H and O–H groups in total. The van der Waals surface area contributed by atoms with E-state index in [1.165, 1.54) is 13.0 Å². The van der Waals surface area contributed by atoms with Gasteiger partial charge in [-0.1, -0.05) is 37.0 Å². The van der Waals surface area contributed by atoms with E-state index in [4.69, 9.17) is 32.7 Å². The van der Waals surface area contributed by atoms with Gasteiger partial charge in [0.05, 0.1) is 22.9 Å². The topological polar surface area (TPSA) is 38.8 Å². The Bertz CT molecular complexity index is 763. The maximum Gasteiger partial charge on any atom is 0.430 e. The first kappa shape index (κ1) is 21.7. The summed E-state index contributed by atoms with van der Waals surface area (Å²) in [5.41, 5.74) is -0.0813. The second kappa shape index (κ2) is 8.19. The average Bonchev–Trinajstić information content (AvgIpc) is 2.52. The minimum atomic E-state index is -4.82. The van der Waals surface area contributed by atoms with Crippen LogP contribution >= 0.6 is 23.2 Å². The molecule has 0 amide bonds. The number of rotatable bonds is 5. The highest BCUT2D eigenvalue weighted by Crippen LogP contribution is 2.47. The molecule has 0 aromatic heterocycles. The van der Waals surface area contributed by atoms with E-state index in [0.717, 1.165) is 6.08 Å². The van der Waals surface area contributed by atoms with E-state index >= 15 is 0 Å². The molecule has 0 radical (unpaired) electrons. The zero-order chi connectivity index (χ0) is 20.5. The molecule has 0 aliphatic carbocycles. The van der Waals surface area contributed by atoms with Gasteiger partial charge in [0.15, 0.2) is 0 Å². The number of anilines is 1. The number of carbonyl (C=O) groups is 1. The third-order valence-corrected chi connectivity index (χ3v) is 4.47. The Morgan fingerprint density at radius 1 is 1.37 bits per heavy atom. The van der Waals surface area contributed by atoms with Gasteiger partial charge in [-0.3, -0.25) is 0 Å². The van der Waals surface area contributed by atoms with Gasteiger partial charge < -0.3 is 14.4 Å². The Labute approximate surface area is 165 Å². The molecular weight excluding hydrogens is 406 g/mol. The number of hydrogen-bond donors (Lipinski definition) is 0. The molecule has 1 aromatic carbocycles. The van der Waals surface area contributed by atoms with Crippen LogP contribution < -0.4 is 9.64 Å². The normalized spacial score (nSPS) is 16.5. The van der Waals surface area contributed by atoms with Crippen LogP contribution in [0.1, 0.15) is 26.3 Å². The lowest BCUT2D eigenvalue weighted by Crippen LogP contribution is -2.41. The third kappa shape index (κ3) is 4.63. The highest BCUT2D eigenvalue weighted by molar-refractivity contribution is 6.40. The van der Waals surface area contributed by atoms with Gasteiger partial charge in [-0.25, -0.2) is 4.79 Å². The van der Waals surface area contributed by atoms with E-state index in [9.17, 15) is 18.0 Å². The Hall–Kier alpha value is -1.60. The molecule has 4 nitrogen and oxygen atoms in total. The molecule has 2 rings (SSSR count). The number of halogens is 5. The lowest BCUT2D eigenvalue weighted by Gasteiger charge is -2.31. The Morgan fingerprint density at radius 2 is 2.00 bits per heavy atom. The standard InChI is InChI=1S/C18H20Cl2F3NO3/c1-5-26-17(25)11-6-10-7-12(19)14(24(4)8-9(2)3)13(20)15(10)27-16(11)18(21,22)23/h6-7,9,16H,5,8H2,1-4H3. The quantitative estimate of drug-likeness (QED) is 0.595. The average molecular weight is 426 g/mol. The van der Waals surface area contributed by atoms with Crippen molar-refractivity contribution in [1.82, 2.24) is 0 Å². The number of hydrogen-bond acceptors (Lipinski definition) is 4. The number of carbonyl (C=O) groups excluding carboxylic acids is 1. The van der Waals surface area contributed by atoms with E-state index < -0.39 is 23.8 Å². The molecule has 0 fully saturated rings. The number of esters is 1. The number of fused-ring (bicyclic) bond motifs is 1. The van der Waals surface area contributed by atoms with E-state index in [0.29, 0.717) is 12.2 Å². The van der Waals surface area contributed by atoms with Crippen LogP contribution in [-0.4, -0.2) is 38.4 Å². The highest BCUT2D eigenvalue weighted by atomic mass is 35.5. The van der Waals surface area contributed by atoms with Crippen LogP contribution in [0.15, 0.2) is 11.6 Å². The second-order valence-corrected chi connectivity index (χ2v) is 7.36. The SMILES string of the molecule is CCOC(=O)C1=Cc2cc(Cl)c(N(C)CC(C)C)c(Cl)c2OC1C(F)(F)F. The van der Waals surface area contributed by atoms with Crippen LogP contribution in [0.4, 0.5) is 18.9 Å². The van der Waals surface area contributed by atoms with Crippen molar-refractivity contribution in [2.24, 2.45) is 5.92 Å². The summed E-state index contributed by atoms with van der Waals surface area (Å²) in [6.07, 6.45) is -6.21. The van der Waals surface area contributed by atoms with Crippen molar-refractivity contribution in [3.8, 4) is 5.75 Å². The molecule has 0 spiro atoms. The maximum atomic E-state index is 13.5. The molecule has 9 heteroatoms. The lowest BCUT2D eigenvalue weighted by atomic mass is 10.0. The first-order chi connectivity index (χ1) is 12.5. The summed E-state index contributed by atoms with van der Waals surface area (Å²) in [5.74, 6) is -0.988. The van der Waals surface area contributed by atoms with Gasteiger partial charge in [-0.2, -0.15) is 13.2 Å². The van der Waals surface area contributed by atoms with E-state index in [2.05, 4.69) is 0 Å². The first-order valence-corrected chi connectivity index (χ1v) is 9.08. The molecule has 1 aliphatic rings. The van der Waals surface area contributed by atoms with Crippen LogP contribution in [0.2, 0.25) is 10.0 Å². The van der Waals surface area contributed by atoms with Crippen LogP contribution in [-0.2, 0) is 9.53 Å². The molecule has 27 heavy (non-hydrogen) atoms. The van der Waals surface area contributed by atoms with Crippen molar-refractivity contribution in [1.29, 1.82) is 0 Å². The van der Waals surface area contributed by atoms with Gasteiger partial charge in [0.25, 0.3) is 0 Å². The fourth-order valence-corrected chi connectivity index (χ4v) is 3.68. The van der Waals surface area contributed by atoms with Crippen LogP contribution in [0.25, 0.3) is 6.08 Å². The summed E-state index contributed by atoms with van der Waals surface area (Å²) in [4.78, 5) is 13.7. The summed E-state index contributed by atoms with van der Waals surface area (Å²) in [7, 11) is 1.74. The van der Waals surface area contributed by atoms with Crippen LogP contribution in [0.5, 0.6) is 5.75 Å². The van der Waals surface area contributed by atoms with Gasteiger partial charge in [0.1, 0.15) is 10.8 Å². The van der Waals surface area contributed by atoms with E-state index in [1.54, 1.807) is 11.9 Å². The monoisotopic (exact) mass is 425 g/mol. The molecule has 1 aromatic rings. The first-order valence-electron chi connectivity index (χ1n) is 8.32. The number of ether oxygens (including phenoxy) is 2. The number of benzene rings is 1. The van der Waals surface area contributed by atoms with Gasteiger partial charge in [-0.05, 0) is 25.0 Å². The minimum absolute atomic E-state index is 0.0333. The maximum absolute atomic E-state index is 13.5. The van der Waals surface area contributed by atoms with Crippen molar-refractivity contribution in [3.05, 3.63) is 27.2 Å². The van der Waals surface area contributed by atoms with Crippen molar-refractivity contribution in [2.75, 3.05) is 25.1 Å². The summed E-state index contributed by atoms with van der Waals surface area (Å²) in [6, 6.07) is 1.43. The molecule has 1 unspecified atom stereocenters. The van der Waals surface area contributed by atoms with Gasteiger partial charge in [0.2, 0.25) is 6.10 Å². The largest absolute Gasteiger partial charge is 0.474 e. The van der Waals surface area contributed by atoms with Crippen molar-refractivity contribution in [3.63, 3.8) is 0 Å². The molecule has 0 saturated heterocycles. The van der Waals surface area contributed by atoms with Gasteiger partial charge in [-0.15, -0.1) is 0 Å². The summed E-state index contributed by atoms with van der Waals surface area (Å²) < 4.78 is 50.3. The molecule has 0 saturated carbocycles. The Balaban J connectivity index is 2.59. The Kier molecular flexibility index (Phi) is 6.58. The van der Waals surface area contributed by atoms with Crippen molar-refractivity contribution >= 4 is 40.9 Å². The molecule has 1 aliphatic heterocycles. The Morgan fingerprint density at radius 3 is 2.52 bits per heavy atom. The number of nitrogens with zero attached hydrogens (tertiary/aromatic N) is 1. The predicted molar refractivity (Wildman–Crippen MR) is 99.7 cm³/mol. The smallest absolute Gasteiger partial charge is 0.430 e. The zero-order valence-corrected chi connectivity index (χ0v) is 16.8. The second-order valence-electron chi connectivity index (χ2n) is 6.57. The molecule has 0 bridgehead atoms. The molecule has 1 heterocycles. The lowest BCUT2D eigenvalue weighted by molar-refractivity contribution is -0.187. The minimum Gasteiger partial charge on any atom is -0.474 e. The zero-order valence-electron chi connectivity index (χ0n) is 15.3. The van der Waals surface area contributed by atoms with Crippen LogP contribution in [0.3, 0.4) is 0 Å². The van der Waals surface area contributed by atoms with Gasteiger partial charge in [0, 0.05) is 19.2 Å². The van der Waals surface area contributed by atoms with E-state index in [-0.39, 0.29) is 33.9 Å².